The molecule has 0 unspecified atom stereocenters. The van der Waals surface area contributed by atoms with Gasteiger partial charge in [0.15, 0.2) is 0 Å². The lowest BCUT2D eigenvalue weighted by atomic mass is 9.98. The molecule has 0 heterocycles. The molecule has 0 N–H and O–H groups in total. The van der Waals surface area contributed by atoms with Crippen LogP contribution >= 0.6 is 11.8 Å². The molecule has 3 rings (SSSR count). The third-order valence-electron chi connectivity index (χ3n) is 3.66. The van der Waals surface area contributed by atoms with Crippen molar-refractivity contribution < 1.29 is 4.74 Å². The van der Waals surface area contributed by atoms with Gasteiger partial charge in [0.2, 0.25) is 0 Å². The van der Waals surface area contributed by atoms with E-state index in [1.54, 1.807) is 11.8 Å². The predicted octanol–water partition coefficient (Wildman–Crippen LogP) is 5.55. The summed E-state index contributed by atoms with van der Waals surface area (Å²) in [4.78, 5) is 2.53. The molecule has 0 bridgehead atoms. The molecule has 1 aliphatic rings. The zero-order chi connectivity index (χ0) is 13.6. The van der Waals surface area contributed by atoms with Crippen molar-refractivity contribution in [2.24, 2.45) is 0 Å². The second-order valence-corrected chi connectivity index (χ2v) is 6.41. The van der Waals surface area contributed by atoms with Gasteiger partial charge in [-0.05, 0) is 62.1 Å². The Kier molecular flexibility index (Phi) is 4.65. The SMILES string of the molecule is c1ccc(Sc2ccc(OC3CCCCC3)cc2)cc1. The van der Waals surface area contributed by atoms with Crippen molar-refractivity contribution in [1.29, 1.82) is 0 Å². The number of ether oxygens (including phenoxy) is 1. The highest BCUT2D eigenvalue weighted by Gasteiger charge is 2.14. The first-order valence-electron chi connectivity index (χ1n) is 7.40. The summed E-state index contributed by atoms with van der Waals surface area (Å²) in [5.41, 5.74) is 0. The molecule has 20 heavy (non-hydrogen) atoms. The average molecular weight is 284 g/mol. The summed E-state index contributed by atoms with van der Waals surface area (Å²) < 4.78 is 6.05. The molecular weight excluding hydrogens is 264 g/mol. The Hall–Kier alpha value is -1.41. The van der Waals surface area contributed by atoms with E-state index in [1.807, 2.05) is 6.07 Å². The van der Waals surface area contributed by atoms with E-state index >= 15 is 0 Å². The van der Waals surface area contributed by atoms with Gasteiger partial charge in [0.1, 0.15) is 5.75 Å². The summed E-state index contributed by atoms with van der Waals surface area (Å²) in [7, 11) is 0. The molecule has 1 aliphatic carbocycles. The molecule has 0 aliphatic heterocycles. The fourth-order valence-corrected chi connectivity index (χ4v) is 3.42. The Morgan fingerprint density at radius 2 is 1.40 bits per heavy atom. The van der Waals surface area contributed by atoms with E-state index in [9.17, 15) is 0 Å². The minimum absolute atomic E-state index is 0.427. The molecule has 0 radical (unpaired) electrons. The van der Waals surface area contributed by atoms with Crippen LogP contribution in [0.15, 0.2) is 64.4 Å². The fourth-order valence-electron chi connectivity index (χ4n) is 2.59. The zero-order valence-corrected chi connectivity index (χ0v) is 12.4. The highest BCUT2D eigenvalue weighted by molar-refractivity contribution is 7.99. The van der Waals surface area contributed by atoms with Gasteiger partial charge in [0.25, 0.3) is 0 Å². The molecule has 1 fully saturated rings. The van der Waals surface area contributed by atoms with Crippen molar-refractivity contribution in [2.75, 3.05) is 0 Å². The number of hydrogen-bond donors (Lipinski definition) is 0. The van der Waals surface area contributed by atoms with Crippen molar-refractivity contribution >= 4 is 11.8 Å². The standard InChI is InChI=1S/C18H20OS/c1-3-7-15(8-4-1)19-16-11-13-18(14-12-16)20-17-9-5-2-6-10-17/h2,5-6,9-15H,1,3-4,7-8H2. The average Bonchev–Trinajstić information content (AvgIpc) is 2.51. The molecule has 0 aromatic heterocycles. The van der Waals surface area contributed by atoms with Crippen molar-refractivity contribution in [1.82, 2.24) is 0 Å². The van der Waals surface area contributed by atoms with Crippen LogP contribution in [0.2, 0.25) is 0 Å². The zero-order valence-electron chi connectivity index (χ0n) is 11.6. The van der Waals surface area contributed by atoms with Crippen LogP contribution in [-0.2, 0) is 0 Å². The highest BCUT2D eigenvalue weighted by atomic mass is 32.2. The molecule has 0 atom stereocenters. The molecule has 1 saturated carbocycles. The van der Waals surface area contributed by atoms with Crippen LogP contribution in [0.25, 0.3) is 0 Å². The molecule has 1 nitrogen and oxygen atoms in total. The molecule has 0 saturated heterocycles. The third kappa shape index (κ3) is 3.80. The monoisotopic (exact) mass is 284 g/mol. The normalized spacial score (nSPS) is 16.0. The van der Waals surface area contributed by atoms with Crippen LogP contribution in [0, 0.1) is 0 Å². The van der Waals surface area contributed by atoms with Crippen LogP contribution in [0.3, 0.4) is 0 Å². The van der Waals surface area contributed by atoms with E-state index in [0.29, 0.717) is 6.10 Å². The number of benzene rings is 2. The largest absolute Gasteiger partial charge is 0.490 e. The van der Waals surface area contributed by atoms with E-state index in [-0.39, 0.29) is 0 Å². The Labute approximate surface area is 125 Å². The maximum absolute atomic E-state index is 6.05. The van der Waals surface area contributed by atoms with Gasteiger partial charge in [-0.1, -0.05) is 36.4 Å². The quantitative estimate of drug-likeness (QED) is 0.728. The van der Waals surface area contributed by atoms with Gasteiger partial charge < -0.3 is 4.74 Å². The highest BCUT2D eigenvalue weighted by Crippen LogP contribution is 2.30. The summed E-state index contributed by atoms with van der Waals surface area (Å²) in [6, 6.07) is 19.0. The van der Waals surface area contributed by atoms with Gasteiger partial charge in [-0.3, -0.25) is 0 Å². The number of hydrogen-bond acceptors (Lipinski definition) is 2. The first-order chi connectivity index (χ1) is 9.90. The fraction of sp³-hybridized carbons (Fsp3) is 0.333. The van der Waals surface area contributed by atoms with E-state index in [0.717, 1.165) is 5.75 Å². The lowest BCUT2D eigenvalue weighted by Gasteiger charge is -2.23. The smallest absolute Gasteiger partial charge is 0.119 e. The van der Waals surface area contributed by atoms with Crippen molar-refractivity contribution in [3.05, 3.63) is 54.6 Å². The Morgan fingerprint density at radius 1 is 0.750 bits per heavy atom. The first kappa shape index (κ1) is 13.6. The maximum Gasteiger partial charge on any atom is 0.119 e. The predicted molar refractivity (Wildman–Crippen MR) is 84.5 cm³/mol. The topological polar surface area (TPSA) is 9.23 Å². The first-order valence-corrected chi connectivity index (χ1v) is 8.21. The van der Waals surface area contributed by atoms with Gasteiger partial charge in [-0.2, -0.15) is 0 Å². The summed E-state index contributed by atoms with van der Waals surface area (Å²) in [5, 5.41) is 0. The van der Waals surface area contributed by atoms with Crippen molar-refractivity contribution in [2.45, 2.75) is 48.0 Å². The minimum Gasteiger partial charge on any atom is -0.490 e. The van der Waals surface area contributed by atoms with Crippen molar-refractivity contribution in [3.8, 4) is 5.75 Å². The van der Waals surface area contributed by atoms with Crippen molar-refractivity contribution in [3.63, 3.8) is 0 Å². The van der Waals surface area contributed by atoms with Crippen LogP contribution in [0.4, 0.5) is 0 Å². The van der Waals surface area contributed by atoms with Gasteiger partial charge >= 0.3 is 0 Å². The Morgan fingerprint density at radius 3 is 2.10 bits per heavy atom. The van der Waals surface area contributed by atoms with Crippen LogP contribution in [0.5, 0.6) is 5.75 Å². The molecule has 0 amide bonds. The summed E-state index contributed by atoms with van der Waals surface area (Å²) in [6.45, 7) is 0. The van der Waals surface area contributed by atoms with Crippen LogP contribution in [0.1, 0.15) is 32.1 Å². The van der Waals surface area contributed by atoms with E-state index in [1.165, 1.54) is 41.9 Å². The maximum atomic E-state index is 6.05. The summed E-state index contributed by atoms with van der Waals surface area (Å²) in [6.07, 6.45) is 6.84. The lowest BCUT2D eigenvalue weighted by molar-refractivity contribution is 0.155. The van der Waals surface area contributed by atoms with Gasteiger partial charge in [0.05, 0.1) is 6.10 Å². The molecule has 2 aromatic carbocycles. The Bertz CT molecular complexity index is 515. The third-order valence-corrected chi connectivity index (χ3v) is 4.67. The molecule has 104 valence electrons. The van der Waals surface area contributed by atoms with Gasteiger partial charge in [0, 0.05) is 9.79 Å². The second-order valence-electron chi connectivity index (χ2n) is 5.26. The number of rotatable bonds is 4. The van der Waals surface area contributed by atoms with Crippen LogP contribution < -0.4 is 4.74 Å². The molecular formula is C18H20OS. The van der Waals surface area contributed by atoms with Crippen LogP contribution in [-0.4, -0.2) is 6.10 Å². The molecule has 0 spiro atoms. The Balaban J connectivity index is 1.59. The summed E-state index contributed by atoms with van der Waals surface area (Å²) in [5.74, 6) is 1.01. The summed E-state index contributed by atoms with van der Waals surface area (Å²) >= 11 is 1.79. The van der Waals surface area contributed by atoms with Gasteiger partial charge in [-0.25, -0.2) is 0 Å². The van der Waals surface area contributed by atoms with E-state index in [2.05, 4.69) is 48.5 Å². The second kappa shape index (κ2) is 6.85. The molecule has 2 aromatic rings. The minimum atomic E-state index is 0.427. The van der Waals surface area contributed by atoms with Gasteiger partial charge in [-0.15, -0.1) is 0 Å². The molecule has 2 heteroatoms. The van der Waals surface area contributed by atoms with E-state index < -0.39 is 0 Å². The lowest BCUT2D eigenvalue weighted by Crippen LogP contribution is -2.19. The van der Waals surface area contributed by atoms with E-state index in [4.69, 9.17) is 4.74 Å².